The number of hydrogen-bond acceptors (Lipinski definition) is 2. The highest BCUT2D eigenvalue weighted by Crippen LogP contribution is 2.24. The van der Waals surface area contributed by atoms with E-state index in [1.807, 2.05) is 6.07 Å². The molecule has 1 fully saturated rings. The molecule has 0 amide bonds. The van der Waals surface area contributed by atoms with Crippen LogP contribution >= 0.6 is 0 Å². The average Bonchev–Trinajstić information content (AvgIpc) is 2.25. The Morgan fingerprint density at radius 2 is 2.19 bits per heavy atom. The van der Waals surface area contributed by atoms with Crippen LogP contribution < -0.4 is 11.1 Å². The molecule has 0 aromatic heterocycles. The molecule has 2 rings (SSSR count). The highest BCUT2D eigenvalue weighted by molar-refractivity contribution is 5.51. The molecule has 2 atom stereocenters. The van der Waals surface area contributed by atoms with Crippen molar-refractivity contribution in [2.24, 2.45) is 5.73 Å². The van der Waals surface area contributed by atoms with Crippen molar-refractivity contribution < 1.29 is 4.39 Å². The van der Waals surface area contributed by atoms with E-state index in [-0.39, 0.29) is 5.82 Å². The van der Waals surface area contributed by atoms with Gasteiger partial charge >= 0.3 is 0 Å². The van der Waals surface area contributed by atoms with E-state index in [0.29, 0.717) is 17.6 Å². The highest BCUT2D eigenvalue weighted by Gasteiger charge is 2.19. The molecule has 3 heteroatoms. The first kappa shape index (κ1) is 11.4. The highest BCUT2D eigenvalue weighted by atomic mass is 19.1. The number of nitrogens with two attached hydrogens (primary N) is 1. The first-order valence-electron chi connectivity index (χ1n) is 5.94. The molecule has 1 saturated carbocycles. The summed E-state index contributed by atoms with van der Waals surface area (Å²) in [5, 5.41) is 3.40. The summed E-state index contributed by atoms with van der Waals surface area (Å²) < 4.78 is 13.3. The fourth-order valence-corrected chi connectivity index (χ4v) is 2.34. The summed E-state index contributed by atoms with van der Waals surface area (Å²) in [4.78, 5) is 0. The molecule has 0 spiro atoms. The maximum absolute atomic E-state index is 13.3. The van der Waals surface area contributed by atoms with Crippen LogP contribution in [-0.2, 0) is 0 Å². The summed E-state index contributed by atoms with van der Waals surface area (Å²) in [7, 11) is 0. The fourth-order valence-electron chi connectivity index (χ4n) is 2.34. The monoisotopic (exact) mass is 222 g/mol. The third-order valence-corrected chi connectivity index (χ3v) is 3.34. The van der Waals surface area contributed by atoms with E-state index in [2.05, 4.69) is 5.32 Å². The zero-order chi connectivity index (χ0) is 11.5. The van der Waals surface area contributed by atoms with E-state index in [9.17, 15) is 4.39 Å². The van der Waals surface area contributed by atoms with Crippen molar-refractivity contribution >= 4 is 5.69 Å². The quantitative estimate of drug-likeness (QED) is 0.807. The van der Waals surface area contributed by atoms with Crippen LogP contribution in [0.15, 0.2) is 18.2 Å². The van der Waals surface area contributed by atoms with Crippen LogP contribution in [0.5, 0.6) is 0 Å². The number of nitrogens with one attached hydrogen (secondary N) is 1. The van der Waals surface area contributed by atoms with Gasteiger partial charge in [-0.05, 0) is 44.7 Å². The molecule has 3 N–H and O–H groups in total. The second kappa shape index (κ2) is 4.83. The molecule has 0 aliphatic heterocycles. The van der Waals surface area contributed by atoms with Crippen LogP contribution in [0, 0.1) is 12.7 Å². The van der Waals surface area contributed by atoms with Crippen LogP contribution in [0.3, 0.4) is 0 Å². The van der Waals surface area contributed by atoms with Gasteiger partial charge in [0.2, 0.25) is 0 Å². The molecule has 88 valence electrons. The van der Waals surface area contributed by atoms with E-state index >= 15 is 0 Å². The predicted molar refractivity (Wildman–Crippen MR) is 65.0 cm³/mol. The van der Waals surface area contributed by atoms with E-state index in [1.54, 1.807) is 13.0 Å². The Morgan fingerprint density at radius 3 is 2.94 bits per heavy atom. The topological polar surface area (TPSA) is 38.0 Å². The Morgan fingerprint density at radius 1 is 1.38 bits per heavy atom. The summed E-state index contributed by atoms with van der Waals surface area (Å²) in [6.07, 6.45) is 4.38. The van der Waals surface area contributed by atoms with Crippen molar-refractivity contribution in [2.45, 2.75) is 44.7 Å². The average molecular weight is 222 g/mol. The molecule has 1 aliphatic carbocycles. The van der Waals surface area contributed by atoms with Crippen LogP contribution in [0.25, 0.3) is 0 Å². The molecule has 1 aromatic rings. The lowest BCUT2D eigenvalue weighted by molar-refractivity contribution is 0.409. The number of rotatable bonds is 2. The largest absolute Gasteiger partial charge is 0.382 e. The third kappa shape index (κ3) is 2.53. The third-order valence-electron chi connectivity index (χ3n) is 3.34. The molecular weight excluding hydrogens is 203 g/mol. The second-order valence-corrected chi connectivity index (χ2v) is 4.68. The SMILES string of the molecule is Cc1c(F)cccc1NC1CCCC(N)C1. The van der Waals surface area contributed by atoms with Gasteiger partial charge in [-0.1, -0.05) is 6.07 Å². The molecule has 16 heavy (non-hydrogen) atoms. The van der Waals surface area contributed by atoms with Crippen LogP contribution in [-0.4, -0.2) is 12.1 Å². The van der Waals surface area contributed by atoms with E-state index in [4.69, 9.17) is 5.73 Å². The van der Waals surface area contributed by atoms with Crippen LogP contribution in [0.2, 0.25) is 0 Å². The minimum atomic E-state index is -0.148. The number of hydrogen-bond donors (Lipinski definition) is 2. The number of halogens is 1. The molecule has 0 saturated heterocycles. The zero-order valence-corrected chi connectivity index (χ0v) is 9.67. The molecule has 1 aromatic carbocycles. The smallest absolute Gasteiger partial charge is 0.128 e. The lowest BCUT2D eigenvalue weighted by atomic mass is 9.91. The van der Waals surface area contributed by atoms with Crippen molar-refractivity contribution in [1.82, 2.24) is 0 Å². The number of anilines is 1. The molecular formula is C13H19FN2. The Kier molecular flexibility index (Phi) is 3.44. The van der Waals surface area contributed by atoms with Crippen molar-refractivity contribution in [2.75, 3.05) is 5.32 Å². The van der Waals surface area contributed by atoms with Gasteiger partial charge in [-0.2, -0.15) is 0 Å². The maximum atomic E-state index is 13.3. The minimum absolute atomic E-state index is 0.148. The molecule has 1 aliphatic rings. The van der Waals surface area contributed by atoms with E-state index in [1.165, 1.54) is 6.07 Å². The van der Waals surface area contributed by atoms with Gasteiger partial charge in [0, 0.05) is 23.3 Å². The van der Waals surface area contributed by atoms with Gasteiger partial charge in [0.15, 0.2) is 0 Å². The first-order chi connectivity index (χ1) is 7.66. The van der Waals surface area contributed by atoms with E-state index in [0.717, 1.165) is 31.4 Å². The van der Waals surface area contributed by atoms with Gasteiger partial charge in [-0.3, -0.25) is 0 Å². The second-order valence-electron chi connectivity index (χ2n) is 4.68. The van der Waals surface area contributed by atoms with Gasteiger partial charge in [0.25, 0.3) is 0 Å². The van der Waals surface area contributed by atoms with Crippen molar-refractivity contribution in [1.29, 1.82) is 0 Å². The van der Waals surface area contributed by atoms with Crippen LogP contribution in [0.1, 0.15) is 31.2 Å². The van der Waals surface area contributed by atoms with Gasteiger partial charge < -0.3 is 11.1 Å². The summed E-state index contributed by atoms with van der Waals surface area (Å²) in [5.74, 6) is -0.148. The normalized spacial score (nSPS) is 25.4. The van der Waals surface area contributed by atoms with Crippen LogP contribution in [0.4, 0.5) is 10.1 Å². The molecule has 0 bridgehead atoms. The standard InChI is InChI=1S/C13H19FN2/c1-9-12(14)6-3-7-13(9)16-11-5-2-4-10(15)8-11/h3,6-7,10-11,16H,2,4-5,8,15H2,1H3. The Bertz CT molecular complexity index is 365. The Balaban J connectivity index is 2.05. The zero-order valence-electron chi connectivity index (χ0n) is 9.67. The van der Waals surface area contributed by atoms with Gasteiger partial charge in [0.1, 0.15) is 5.82 Å². The lowest BCUT2D eigenvalue weighted by Crippen LogP contribution is -2.35. The minimum Gasteiger partial charge on any atom is -0.382 e. The molecule has 0 heterocycles. The van der Waals surface area contributed by atoms with Gasteiger partial charge in [0.05, 0.1) is 0 Å². The van der Waals surface area contributed by atoms with Crippen molar-refractivity contribution in [3.05, 3.63) is 29.6 Å². The summed E-state index contributed by atoms with van der Waals surface area (Å²) >= 11 is 0. The van der Waals surface area contributed by atoms with Gasteiger partial charge in [-0.15, -0.1) is 0 Å². The fraction of sp³-hybridized carbons (Fsp3) is 0.538. The maximum Gasteiger partial charge on any atom is 0.128 e. The summed E-state index contributed by atoms with van der Waals surface area (Å²) in [6, 6.07) is 5.85. The first-order valence-corrected chi connectivity index (χ1v) is 5.94. The summed E-state index contributed by atoms with van der Waals surface area (Å²) in [5.41, 5.74) is 7.53. The van der Waals surface area contributed by atoms with Gasteiger partial charge in [-0.25, -0.2) is 4.39 Å². The molecule has 0 radical (unpaired) electrons. The Hall–Kier alpha value is -1.09. The lowest BCUT2D eigenvalue weighted by Gasteiger charge is -2.28. The molecule has 2 unspecified atom stereocenters. The predicted octanol–water partition coefficient (Wildman–Crippen LogP) is 2.82. The molecule has 2 nitrogen and oxygen atoms in total. The van der Waals surface area contributed by atoms with E-state index < -0.39 is 0 Å². The Labute approximate surface area is 96.0 Å². The summed E-state index contributed by atoms with van der Waals surface area (Å²) in [6.45, 7) is 1.81. The van der Waals surface area contributed by atoms with Crippen molar-refractivity contribution in [3.8, 4) is 0 Å². The number of benzene rings is 1. The van der Waals surface area contributed by atoms with Crippen molar-refractivity contribution in [3.63, 3.8) is 0 Å².